The number of carbonyl (C=O) groups is 3. The average molecular weight is 777 g/mol. The lowest BCUT2D eigenvalue weighted by atomic mass is 10.1. The fourth-order valence-electron chi connectivity index (χ4n) is 6.49. The summed E-state index contributed by atoms with van der Waals surface area (Å²) >= 11 is 0. The molecule has 0 aromatic heterocycles. The molecule has 0 aliphatic rings. The van der Waals surface area contributed by atoms with Gasteiger partial charge in [0.1, 0.15) is 6.61 Å². The van der Waals surface area contributed by atoms with Gasteiger partial charge in [-0.05, 0) is 64.2 Å². The minimum atomic E-state index is -0.879. The molecule has 0 aromatic rings. The molecule has 0 radical (unpaired) electrons. The van der Waals surface area contributed by atoms with Crippen molar-refractivity contribution >= 4 is 17.9 Å². The van der Waals surface area contributed by atoms with Gasteiger partial charge in [0.25, 0.3) is 0 Å². The van der Waals surface area contributed by atoms with Crippen LogP contribution in [0.4, 0.5) is 0 Å². The normalized spacial score (nSPS) is 13.3. The summed E-state index contributed by atoms with van der Waals surface area (Å²) in [6.07, 6.45) is 43.3. The Kier molecular flexibility index (Phi) is 36.7. The lowest BCUT2D eigenvalue weighted by Crippen LogP contribution is -2.50. The highest BCUT2D eigenvalue weighted by molar-refractivity contribution is 5.72. The predicted molar refractivity (Wildman–Crippen MR) is 229 cm³/mol. The number of aliphatic carboxylic acids is 1. The second kappa shape index (κ2) is 38.4. The maximum atomic E-state index is 12.7. The van der Waals surface area contributed by atoms with Crippen LogP contribution in [0.2, 0.25) is 0 Å². The van der Waals surface area contributed by atoms with E-state index < -0.39 is 18.1 Å². The van der Waals surface area contributed by atoms with Gasteiger partial charge in [0.15, 0.2) is 12.1 Å². The van der Waals surface area contributed by atoms with Gasteiger partial charge in [-0.2, -0.15) is 0 Å². The van der Waals surface area contributed by atoms with Gasteiger partial charge in [0.05, 0.1) is 34.4 Å². The number of rotatable bonds is 40. The molecule has 0 spiro atoms. The first-order valence-electron chi connectivity index (χ1n) is 22.5. The molecule has 1 N–H and O–H groups in total. The number of esters is 2. The van der Waals surface area contributed by atoms with Gasteiger partial charge in [0.2, 0.25) is 0 Å². The van der Waals surface area contributed by atoms with Gasteiger partial charge in [-0.25, -0.2) is 4.79 Å². The number of hydrogen-bond acceptors (Lipinski definition) is 6. The van der Waals surface area contributed by atoms with Gasteiger partial charge >= 0.3 is 17.9 Å². The highest BCUT2D eigenvalue weighted by Crippen LogP contribution is 2.13. The molecule has 2 unspecified atom stereocenters. The van der Waals surface area contributed by atoms with Crippen LogP contribution >= 0.6 is 0 Å². The zero-order chi connectivity index (χ0) is 40.7. The average Bonchev–Trinajstić information content (AvgIpc) is 3.14. The van der Waals surface area contributed by atoms with E-state index in [1.165, 1.54) is 89.9 Å². The Hall–Kier alpha value is -2.45. The van der Waals surface area contributed by atoms with Crippen LogP contribution in [0.25, 0.3) is 0 Å². The van der Waals surface area contributed by atoms with Crippen molar-refractivity contribution in [1.82, 2.24) is 0 Å². The highest BCUT2D eigenvalue weighted by atomic mass is 16.6. The van der Waals surface area contributed by atoms with Gasteiger partial charge in [-0.3, -0.25) is 9.59 Å². The SMILES string of the molecule is CCCCCCCC/C=C/CCCCCC(=O)OCC(COCCC(C(=O)O)[N+](C)(C)C)OC(=O)CCCCCCC/C=C/C=C/CCCCCCCCC. The number of allylic oxidation sites excluding steroid dienone is 6. The number of ether oxygens (including phenoxy) is 3. The Morgan fingerprint density at radius 3 is 1.44 bits per heavy atom. The van der Waals surface area contributed by atoms with Gasteiger partial charge < -0.3 is 23.8 Å². The summed E-state index contributed by atoms with van der Waals surface area (Å²) in [6, 6.07) is -0.618. The van der Waals surface area contributed by atoms with Crippen LogP contribution < -0.4 is 0 Å². The first-order chi connectivity index (χ1) is 26.6. The molecule has 0 amide bonds. The molecule has 0 aliphatic carbocycles. The number of quaternary nitrogens is 1. The van der Waals surface area contributed by atoms with Crippen LogP contribution in [0.5, 0.6) is 0 Å². The third kappa shape index (κ3) is 36.9. The second-order valence-corrected chi connectivity index (χ2v) is 16.3. The van der Waals surface area contributed by atoms with Crippen LogP contribution in [0.3, 0.4) is 0 Å². The number of carboxylic acids is 1. The summed E-state index contributed by atoms with van der Waals surface area (Å²) in [5, 5.41) is 9.61. The minimum absolute atomic E-state index is 0.0510. The summed E-state index contributed by atoms with van der Waals surface area (Å²) in [4.78, 5) is 36.9. The Morgan fingerprint density at radius 2 is 0.964 bits per heavy atom. The van der Waals surface area contributed by atoms with Crippen LogP contribution in [0.15, 0.2) is 36.5 Å². The van der Waals surface area contributed by atoms with Gasteiger partial charge in [0, 0.05) is 19.3 Å². The standard InChI is InChI=1S/C47H85NO7/c1-6-8-10-12-14-16-18-20-21-22-23-24-26-28-30-32-34-36-38-46(50)55-43(41-53-40-39-44(47(51)52)48(3,4)5)42-54-45(49)37-35-33-31-29-27-25-19-17-15-13-11-9-7-2/h21-25,27,43-44H,6-20,26,28-42H2,1-5H3/p+1/b22-21+,24-23+,27-25+. The monoisotopic (exact) mass is 777 g/mol. The molecule has 0 saturated carbocycles. The molecule has 0 fully saturated rings. The Labute approximate surface area is 338 Å². The summed E-state index contributed by atoms with van der Waals surface area (Å²) in [5.74, 6) is -1.50. The van der Waals surface area contributed by atoms with E-state index in [9.17, 15) is 19.5 Å². The molecule has 0 aliphatic heterocycles. The quantitative estimate of drug-likeness (QED) is 0.0217. The van der Waals surface area contributed by atoms with Crippen molar-refractivity contribution < 1.29 is 38.2 Å². The van der Waals surface area contributed by atoms with E-state index in [0.29, 0.717) is 19.3 Å². The van der Waals surface area contributed by atoms with Crippen LogP contribution in [0, 0.1) is 0 Å². The van der Waals surface area contributed by atoms with Gasteiger partial charge in [-0.15, -0.1) is 0 Å². The highest BCUT2D eigenvalue weighted by Gasteiger charge is 2.31. The lowest BCUT2D eigenvalue weighted by Gasteiger charge is -2.31. The number of likely N-dealkylation sites (N-methyl/N-ethyl adjacent to an activating group) is 1. The smallest absolute Gasteiger partial charge is 0.362 e. The molecule has 0 rings (SSSR count). The third-order valence-corrected chi connectivity index (χ3v) is 10.0. The van der Waals surface area contributed by atoms with Crippen molar-refractivity contribution in [3.8, 4) is 0 Å². The Bertz CT molecular complexity index is 1000. The number of carbonyl (C=O) groups excluding carboxylic acids is 2. The zero-order valence-corrected chi connectivity index (χ0v) is 36.4. The first-order valence-corrected chi connectivity index (χ1v) is 22.5. The van der Waals surface area contributed by atoms with E-state index in [1.807, 2.05) is 21.1 Å². The Balaban J connectivity index is 4.38. The third-order valence-electron chi connectivity index (χ3n) is 10.0. The largest absolute Gasteiger partial charge is 0.477 e. The molecule has 0 aromatic carbocycles. The minimum Gasteiger partial charge on any atom is -0.477 e. The molecule has 0 bridgehead atoms. The van der Waals surface area contributed by atoms with Gasteiger partial charge in [-0.1, -0.05) is 147 Å². The van der Waals surface area contributed by atoms with Crippen molar-refractivity contribution in [2.75, 3.05) is 41.0 Å². The molecular formula is C47H86NO7+. The van der Waals surface area contributed by atoms with E-state index >= 15 is 0 Å². The summed E-state index contributed by atoms with van der Waals surface area (Å²) in [5.41, 5.74) is 0. The zero-order valence-electron chi connectivity index (χ0n) is 36.4. The number of nitrogens with zero attached hydrogens (tertiary/aromatic N) is 1. The van der Waals surface area contributed by atoms with Crippen molar-refractivity contribution in [3.05, 3.63) is 36.5 Å². The summed E-state index contributed by atoms with van der Waals surface area (Å²) < 4.78 is 17.2. The van der Waals surface area contributed by atoms with Crippen molar-refractivity contribution in [2.24, 2.45) is 0 Å². The predicted octanol–water partition coefficient (Wildman–Crippen LogP) is 12.2. The van der Waals surface area contributed by atoms with Crippen LogP contribution in [-0.4, -0.2) is 80.6 Å². The van der Waals surface area contributed by atoms with E-state index in [1.54, 1.807) is 0 Å². The molecule has 55 heavy (non-hydrogen) atoms. The van der Waals surface area contributed by atoms with Crippen molar-refractivity contribution in [2.45, 2.75) is 206 Å². The van der Waals surface area contributed by atoms with Crippen molar-refractivity contribution in [3.63, 3.8) is 0 Å². The topological polar surface area (TPSA) is 99.1 Å². The molecular weight excluding hydrogens is 691 g/mol. The van der Waals surface area contributed by atoms with E-state index in [-0.39, 0.29) is 36.2 Å². The maximum absolute atomic E-state index is 12.7. The van der Waals surface area contributed by atoms with Crippen LogP contribution in [-0.2, 0) is 28.6 Å². The fraction of sp³-hybridized carbons (Fsp3) is 0.809. The fourth-order valence-corrected chi connectivity index (χ4v) is 6.49. The second-order valence-electron chi connectivity index (χ2n) is 16.3. The van der Waals surface area contributed by atoms with Crippen LogP contribution in [0.1, 0.15) is 194 Å². The maximum Gasteiger partial charge on any atom is 0.362 e. The molecule has 8 nitrogen and oxygen atoms in total. The molecule has 2 atom stereocenters. The molecule has 320 valence electrons. The number of carboxylic acid groups (broad SMARTS) is 1. The van der Waals surface area contributed by atoms with E-state index in [2.05, 4.69) is 50.3 Å². The molecule has 0 heterocycles. The van der Waals surface area contributed by atoms with E-state index in [0.717, 1.165) is 70.6 Å². The van der Waals surface area contributed by atoms with Crippen molar-refractivity contribution in [1.29, 1.82) is 0 Å². The van der Waals surface area contributed by atoms with E-state index in [4.69, 9.17) is 14.2 Å². The molecule has 8 heteroatoms. The summed E-state index contributed by atoms with van der Waals surface area (Å²) in [6.45, 7) is 4.69. The first kappa shape index (κ1) is 52.6. The molecule has 0 saturated heterocycles. The lowest BCUT2D eigenvalue weighted by molar-refractivity contribution is -0.887. The Morgan fingerprint density at radius 1 is 0.545 bits per heavy atom. The number of hydrogen-bond donors (Lipinski definition) is 1. The summed E-state index contributed by atoms with van der Waals surface area (Å²) in [7, 11) is 5.52. The number of unbranched alkanes of at least 4 members (excludes halogenated alkanes) is 21.